The molecule has 0 rings (SSSR count). The van der Waals surface area contributed by atoms with Gasteiger partial charge in [-0.15, -0.1) is 0 Å². The minimum atomic E-state index is -0.406. The van der Waals surface area contributed by atoms with Gasteiger partial charge in [-0.25, -0.2) is 4.79 Å². The van der Waals surface area contributed by atoms with Crippen molar-refractivity contribution in [1.82, 2.24) is 0 Å². The topological polar surface area (TPSA) is 35.5 Å². The van der Waals surface area contributed by atoms with Crippen LogP contribution in [0.15, 0.2) is 11.8 Å². The largest absolute Gasteiger partial charge is 0.500 e. The second-order valence-electron chi connectivity index (χ2n) is 1.47. The predicted molar refractivity (Wildman–Crippen MR) is 40.9 cm³/mol. The van der Waals surface area contributed by atoms with Gasteiger partial charge in [0.1, 0.15) is 5.76 Å². The minimum absolute atomic E-state index is 0.406. The summed E-state index contributed by atoms with van der Waals surface area (Å²) in [6.45, 7) is 0. The smallest absolute Gasteiger partial charge is 0.333 e. The fraction of sp³-hybridized carbons (Fsp3) is 0.500. The van der Waals surface area contributed by atoms with Crippen LogP contribution in [0.5, 0.6) is 0 Å². The van der Waals surface area contributed by atoms with Crippen LogP contribution in [0.4, 0.5) is 0 Å². The zero-order chi connectivity index (χ0) is 7.98. The highest BCUT2D eigenvalue weighted by molar-refractivity contribution is 9.09. The molecule has 0 aromatic heterocycles. The Balaban J connectivity index is 3.96. The number of carbonyl (C=O) groups is 1. The first kappa shape index (κ1) is 9.49. The summed E-state index contributed by atoms with van der Waals surface area (Å²) >= 11 is 3.13. The van der Waals surface area contributed by atoms with Gasteiger partial charge in [0, 0.05) is 0 Å². The molecule has 0 atom stereocenters. The third-order valence-electron chi connectivity index (χ3n) is 0.874. The van der Waals surface area contributed by atoms with E-state index in [0.717, 1.165) is 0 Å². The van der Waals surface area contributed by atoms with Crippen molar-refractivity contribution < 1.29 is 14.3 Å². The van der Waals surface area contributed by atoms with Crippen LogP contribution in [0.25, 0.3) is 0 Å². The molecule has 0 radical (unpaired) electrons. The lowest BCUT2D eigenvalue weighted by Crippen LogP contribution is -1.99. The van der Waals surface area contributed by atoms with Crippen molar-refractivity contribution in [2.75, 3.05) is 19.5 Å². The third-order valence-corrected chi connectivity index (χ3v) is 1.43. The van der Waals surface area contributed by atoms with Crippen LogP contribution in [-0.2, 0) is 14.3 Å². The fourth-order valence-corrected chi connectivity index (χ4v) is 0.733. The number of rotatable bonds is 3. The third kappa shape index (κ3) is 3.50. The van der Waals surface area contributed by atoms with Gasteiger partial charge in [-0.05, 0) is 0 Å². The van der Waals surface area contributed by atoms with E-state index in [0.29, 0.717) is 11.1 Å². The van der Waals surface area contributed by atoms with Crippen LogP contribution in [0.2, 0.25) is 0 Å². The van der Waals surface area contributed by atoms with E-state index in [1.165, 1.54) is 20.3 Å². The molecule has 10 heavy (non-hydrogen) atoms. The lowest BCUT2D eigenvalue weighted by molar-refractivity contribution is -0.135. The Bertz CT molecular complexity index is 136. The molecule has 0 heterocycles. The highest BCUT2D eigenvalue weighted by atomic mass is 79.9. The first-order valence-corrected chi connectivity index (χ1v) is 3.75. The minimum Gasteiger partial charge on any atom is -0.500 e. The van der Waals surface area contributed by atoms with Crippen molar-refractivity contribution >= 4 is 21.9 Å². The summed E-state index contributed by atoms with van der Waals surface area (Å²) in [7, 11) is 2.82. The molecule has 0 N–H and O–H groups in total. The van der Waals surface area contributed by atoms with Crippen LogP contribution < -0.4 is 0 Å². The average Bonchev–Trinajstić information content (AvgIpc) is 1.99. The number of hydrogen-bond donors (Lipinski definition) is 0. The molecular formula is C6H9BrO3. The number of halogens is 1. The molecule has 0 aromatic carbocycles. The summed E-state index contributed by atoms with van der Waals surface area (Å²) in [6, 6.07) is 0. The highest BCUT2D eigenvalue weighted by Crippen LogP contribution is 1.99. The lowest BCUT2D eigenvalue weighted by atomic mass is 10.5. The Morgan fingerprint density at radius 3 is 2.40 bits per heavy atom. The van der Waals surface area contributed by atoms with Crippen molar-refractivity contribution in [1.29, 1.82) is 0 Å². The zero-order valence-corrected chi connectivity index (χ0v) is 7.47. The molecule has 0 spiro atoms. The van der Waals surface area contributed by atoms with Crippen LogP contribution in [0, 0.1) is 0 Å². The molecule has 0 unspecified atom stereocenters. The summed E-state index contributed by atoms with van der Waals surface area (Å²) in [5.74, 6) is 0.142. The molecule has 0 saturated carbocycles. The normalized spacial score (nSPS) is 10.9. The van der Waals surface area contributed by atoms with Gasteiger partial charge in [0.05, 0.1) is 25.6 Å². The second-order valence-corrected chi connectivity index (χ2v) is 2.03. The number of ether oxygens (including phenoxy) is 2. The van der Waals surface area contributed by atoms with Gasteiger partial charge in [-0.3, -0.25) is 0 Å². The van der Waals surface area contributed by atoms with E-state index in [1.54, 1.807) is 0 Å². The molecule has 0 aliphatic rings. The standard InChI is InChI=1S/C6H9BrO3/c1-9-5(4-7)3-6(8)10-2/h3H,4H2,1-2H3. The molecule has 0 aliphatic carbocycles. The number of esters is 1. The first-order chi connectivity index (χ1) is 4.74. The SMILES string of the molecule is COC(=O)C=C(CBr)OC. The Morgan fingerprint density at radius 1 is 1.50 bits per heavy atom. The second kappa shape index (κ2) is 5.29. The van der Waals surface area contributed by atoms with E-state index in [-0.39, 0.29) is 0 Å². The molecule has 0 saturated heterocycles. The summed E-state index contributed by atoms with van der Waals surface area (Å²) in [5.41, 5.74) is 0. The quantitative estimate of drug-likeness (QED) is 0.302. The zero-order valence-electron chi connectivity index (χ0n) is 5.89. The van der Waals surface area contributed by atoms with Gasteiger partial charge in [0.25, 0.3) is 0 Å². The van der Waals surface area contributed by atoms with Crippen LogP contribution >= 0.6 is 15.9 Å². The van der Waals surface area contributed by atoms with Gasteiger partial charge < -0.3 is 9.47 Å². The Kier molecular flexibility index (Phi) is 5.02. The molecule has 0 aliphatic heterocycles. The monoisotopic (exact) mass is 208 g/mol. The number of carbonyl (C=O) groups excluding carboxylic acids is 1. The van der Waals surface area contributed by atoms with Crippen molar-refractivity contribution in [3.8, 4) is 0 Å². The van der Waals surface area contributed by atoms with Crippen LogP contribution in [-0.4, -0.2) is 25.5 Å². The fourth-order valence-electron chi connectivity index (χ4n) is 0.342. The number of allylic oxidation sites excluding steroid dienone is 1. The van der Waals surface area contributed by atoms with Crippen molar-refractivity contribution in [3.05, 3.63) is 11.8 Å². The molecule has 58 valence electrons. The van der Waals surface area contributed by atoms with E-state index in [9.17, 15) is 4.79 Å². The van der Waals surface area contributed by atoms with Crippen LogP contribution in [0.1, 0.15) is 0 Å². The van der Waals surface area contributed by atoms with Crippen LogP contribution in [0.3, 0.4) is 0 Å². The molecular weight excluding hydrogens is 200 g/mol. The van der Waals surface area contributed by atoms with E-state index in [1.807, 2.05) is 0 Å². The van der Waals surface area contributed by atoms with E-state index in [4.69, 9.17) is 4.74 Å². The maximum absolute atomic E-state index is 10.5. The highest BCUT2D eigenvalue weighted by Gasteiger charge is 1.98. The Labute approximate surface area is 68.1 Å². The van der Waals surface area contributed by atoms with Gasteiger partial charge >= 0.3 is 5.97 Å². The summed E-state index contributed by atoms with van der Waals surface area (Å²) in [4.78, 5) is 10.5. The molecule has 0 fully saturated rings. The van der Waals surface area contributed by atoms with Gasteiger partial charge in [0.15, 0.2) is 0 Å². The molecule has 0 amide bonds. The Morgan fingerprint density at radius 2 is 2.10 bits per heavy atom. The van der Waals surface area contributed by atoms with Gasteiger partial charge in [-0.2, -0.15) is 0 Å². The Hall–Kier alpha value is -0.510. The maximum atomic E-state index is 10.5. The first-order valence-electron chi connectivity index (χ1n) is 2.63. The number of hydrogen-bond acceptors (Lipinski definition) is 3. The molecule has 0 aromatic rings. The van der Waals surface area contributed by atoms with Crippen molar-refractivity contribution in [3.63, 3.8) is 0 Å². The molecule has 4 heteroatoms. The van der Waals surface area contributed by atoms with Crippen molar-refractivity contribution in [2.45, 2.75) is 0 Å². The van der Waals surface area contributed by atoms with E-state index < -0.39 is 5.97 Å². The van der Waals surface area contributed by atoms with Crippen molar-refractivity contribution in [2.24, 2.45) is 0 Å². The van der Waals surface area contributed by atoms with E-state index in [2.05, 4.69) is 20.7 Å². The number of alkyl halides is 1. The summed E-state index contributed by atoms with van der Waals surface area (Å²) in [5, 5.41) is 0.513. The maximum Gasteiger partial charge on any atom is 0.333 e. The molecule has 3 nitrogen and oxygen atoms in total. The van der Waals surface area contributed by atoms with Gasteiger partial charge in [-0.1, -0.05) is 15.9 Å². The summed E-state index contributed by atoms with van der Waals surface area (Å²) in [6.07, 6.45) is 1.29. The predicted octanol–water partition coefficient (Wildman–Crippen LogP) is 1.08. The summed E-state index contributed by atoms with van der Waals surface area (Å²) < 4.78 is 9.15. The number of methoxy groups -OCH3 is 2. The van der Waals surface area contributed by atoms with Gasteiger partial charge in [0.2, 0.25) is 0 Å². The average molecular weight is 209 g/mol. The molecule has 0 bridgehead atoms. The van der Waals surface area contributed by atoms with E-state index >= 15 is 0 Å². The lowest BCUT2D eigenvalue weighted by Gasteiger charge is -1.99.